The van der Waals surface area contributed by atoms with E-state index < -0.39 is 11.8 Å². The van der Waals surface area contributed by atoms with Gasteiger partial charge in [0.05, 0.1) is 27.7 Å². The van der Waals surface area contributed by atoms with Crippen LogP contribution in [-0.2, 0) is 6.54 Å². The van der Waals surface area contributed by atoms with E-state index in [9.17, 15) is 14.4 Å². The fraction of sp³-hybridized carbons (Fsp3) is 0.0952. The molecule has 6 nitrogen and oxygen atoms in total. The second kappa shape index (κ2) is 8.10. The van der Waals surface area contributed by atoms with Gasteiger partial charge in [0.2, 0.25) is 0 Å². The van der Waals surface area contributed by atoms with E-state index in [0.717, 1.165) is 9.78 Å². The summed E-state index contributed by atoms with van der Waals surface area (Å²) < 4.78 is 0.661. The number of nitrogens with zero attached hydrogens (tertiary/aromatic N) is 1. The highest BCUT2D eigenvalue weighted by Gasteiger charge is 2.37. The molecule has 0 saturated heterocycles. The van der Waals surface area contributed by atoms with Crippen LogP contribution in [-0.4, -0.2) is 17.8 Å². The number of rotatable bonds is 4. The van der Waals surface area contributed by atoms with Crippen molar-refractivity contribution in [2.24, 2.45) is 0 Å². The third kappa shape index (κ3) is 3.92. The Morgan fingerprint density at radius 1 is 1.00 bits per heavy atom. The molecule has 2 heterocycles. The van der Waals surface area contributed by atoms with Crippen LogP contribution in [0.5, 0.6) is 0 Å². The molecule has 0 radical (unpaired) electrons. The van der Waals surface area contributed by atoms with E-state index in [1.54, 1.807) is 43.3 Å². The van der Waals surface area contributed by atoms with Crippen molar-refractivity contribution in [1.82, 2.24) is 5.32 Å². The standard InChI is InChI=1S/C21H15Cl2N3O3S/c1-11-8-13(25-21(29)24-10-14-4-7-18(23)30-14)3-6-17(11)26-19(27)15-5-2-12(22)9-16(15)20(26)28/h2-9H,10H2,1H3,(H2,24,25,29). The van der Waals surface area contributed by atoms with E-state index in [-0.39, 0.29) is 11.6 Å². The van der Waals surface area contributed by atoms with Gasteiger partial charge in [-0.3, -0.25) is 9.59 Å². The number of hydrogen-bond donors (Lipinski definition) is 2. The Morgan fingerprint density at radius 2 is 1.77 bits per heavy atom. The summed E-state index contributed by atoms with van der Waals surface area (Å²) in [6.07, 6.45) is 0. The molecule has 152 valence electrons. The van der Waals surface area contributed by atoms with Crippen molar-refractivity contribution in [3.05, 3.63) is 79.5 Å². The van der Waals surface area contributed by atoms with Crippen LogP contribution in [0.2, 0.25) is 9.36 Å². The molecule has 0 fully saturated rings. The molecule has 4 amide bonds. The molecule has 1 aliphatic heterocycles. The lowest BCUT2D eigenvalue weighted by Crippen LogP contribution is -2.30. The predicted molar refractivity (Wildman–Crippen MR) is 119 cm³/mol. The van der Waals surface area contributed by atoms with Gasteiger partial charge in [0.15, 0.2) is 0 Å². The second-order valence-electron chi connectivity index (χ2n) is 6.65. The summed E-state index contributed by atoms with van der Waals surface area (Å²) in [6.45, 7) is 2.13. The largest absolute Gasteiger partial charge is 0.333 e. The Balaban J connectivity index is 1.48. The Hall–Kier alpha value is -2.87. The minimum absolute atomic E-state index is 0.280. The number of aryl methyl sites for hydroxylation is 1. The van der Waals surface area contributed by atoms with Crippen LogP contribution in [0, 0.1) is 6.92 Å². The Kier molecular flexibility index (Phi) is 5.51. The number of imide groups is 1. The molecule has 0 aliphatic carbocycles. The highest BCUT2D eigenvalue weighted by Crippen LogP contribution is 2.33. The average molecular weight is 460 g/mol. The van der Waals surface area contributed by atoms with Gasteiger partial charge in [0, 0.05) is 15.6 Å². The number of fused-ring (bicyclic) bond motifs is 1. The maximum absolute atomic E-state index is 12.8. The Morgan fingerprint density at radius 3 is 2.47 bits per heavy atom. The number of hydrogen-bond acceptors (Lipinski definition) is 4. The first kappa shape index (κ1) is 20.4. The van der Waals surface area contributed by atoms with Crippen LogP contribution in [0.15, 0.2) is 48.5 Å². The summed E-state index contributed by atoms with van der Waals surface area (Å²) >= 11 is 13.2. The van der Waals surface area contributed by atoms with Gasteiger partial charge in [-0.1, -0.05) is 23.2 Å². The summed E-state index contributed by atoms with van der Waals surface area (Å²) in [6, 6.07) is 12.8. The van der Waals surface area contributed by atoms with Crippen LogP contribution in [0.1, 0.15) is 31.2 Å². The van der Waals surface area contributed by atoms with Crippen molar-refractivity contribution in [2.45, 2.75) is 13.5 Å². The normalized spacial score (nSPS) is 12.8. The lowest BCUT2D eigenvalue weighted by Gasteiger charge is -2.17. The smallest absolute Gasteiger partial charge is 0.319 e. The molecule has 0 atom stereocenters. The molecule has 0 bridgehead atoms. The van der Waals surface area contributed by atoms with Crippen molar-refractivity contribution in [3.63, 3.8) is 0 Å². The first-order chi connectivity index (χ1) is 14.3. The summed E-state index contributed by atoms with van der Waals surface area (Å²) in [4.78, 5) is 39.7. The SMILES string of the molecule is Cc1cc(NC(=O)NCc2ccc(Cl)s2)ccc1N1C(=O)c2ccc(Cl)cc2C1=O. The van der Waals surface area contributed by atoms with Crippen LogP contribution in [0.25, 0.3) is 0 Å². The lowest BCUT2D eigenvalue weighted by molar-refractivity contribution is 0.0926. The number of thiophene rings is 1. The third-order valence-electron chi connectivity index (χ3n) is 4.60. The molecular formula is C21H15Cl2N3O3S. The zero-order chi connectivity index (χ0) is 21.4. The number of nitrogens with one attached hydrogen (secondary N) is 2. The van der Waals surface area contributed by atoms with Crippen LogP contribution in [0.3, 0.4) is 0 Å². The van der Waals surface area contributed by atoms with E-state index in [4.69, 9.17) is 23.2 Å². The quantitative estimate of drug-likeness (QED) is 0.506. The van der Waals surface area contributed by atoms with Crippen LogP contribution >= 0.6 is 34.5 Å². The monoisotopic (exact) mass is 459 g/mol. The van der Waals surface area contributed by atoms with Gasteiger partial charge in [0.25, 0.3) is 11.8 Å². The average Bonchev–Trinajstić information content (AvgIpc) is 3.22. The minimum Gasteiger partial charge on any atom is -0.333 e. The van der Waals surface area contributed by atoms with Crippen molar-refractivity contribution in [1.29, 1.82) is 0 Å². The van der Waals surface area contributed by atoms with Gasteiger partial charge < -0.3 is 10.6 Å². The number of carbonyl (C=O) groups excluding carboxylic acids is 3. The first-order valence-corrected chi connectivity index (χ1v) is 10.5. The van der Waals surface area contributed by atoms with Crippen molar-refractivity contribution in [2.75, 3.05) is 10.2 Å². The van der Waals surface area contributed by atoms with Gasteiger partial charge in [0.1, 0.15) is 0 Å². The topological polar surface area (TPSA) is 78.5 Å². The summed E-state index contributed by atoms with van der Waals surface area (Å²) in [5.41, 5.74) is 2.26. The van der Waals surface area contributed by atoms with Crippen molar-refractivity contribution < 1.29 is 14.4 Å². The van der Waals surface area contributed by atoms with Crippen molar-refractivity contribution in [3.8, 4) is 0 Å². The highest BCUT2D eigenvalue weighted by molar-refractivity contribution is 7.16. The van der Waals surface area contributed by atoms with Gasteiger partial charge in [-0.15, -0.1) is 11.3 Å². The molecule has 1 aliphatic rings. The third-order valence-corrected chi connectivity index (χ3v) is 6.06. The maximum atomic E-state index is 12.8. The zero-order valence-corrected chi connectivity index (χ0v) is 18.0. The number of halogens is 2. The molecule has 0 saturated carbocycles. The van der Waals surface area contributed by atoms with E-state index in [2.05, 4.69) is 10.6 Å². The van der Waals surface area contributed by atoms with Crippen LogP contribution < -0.4 is 15.5 Å². The van der Waals surface area contributed by atoms with E-state index in [0.29, 0.717) is 38.4 Å². The number of anilines is 2. The number of urea groups is 1. The molecule has 2 aromatic carbocycles. The lowest BCUT2D eigenvalue weighted by atomic mass is 10.1. The number of carbonyl (C=O) groups is 3. The van der Waals surface area contributed by atoms with E-state index >= 15 is 0 Å². The van der Waals surface area contributed by atoms with Crippen LogP contribution in [0.4, 0.5) is 16.2 Å². The molecule has 2 N–H and O–H groups in total. The highest BCUT2D eigenvalue weighted by atomic mass is 35.5. The van der Waals surface area contributed by atoms with Gasteiger partial charge in [-0.25, -0.2) is 9.69 Å². The van der Waals surface area contributed by atoms with E-state index in [1.165, 1.54) is 17.4 Å². The maximum Gasteiger partial charge on any atom is 0.319 e. The van der Waals surface area contributed by atoms with Gasteiger partial charge >= 0.3 is 6.03 Å². The van der Waals surface area contributed by atoms with E-state index in [1.807, 2.05) is 6.07 Å². The molecule has 9 heteroatoms. The summed E-state index contributed by atoms with van der Waals surface area (Å²) in [5, 5.41) is 5.88. The second-order valence-corrected chi connectivity index (χ2v) is 8.89. The first-order valence-electron chi connectivity index (χ1n) is 8.91. The molecular weight excluding hydrogens is 445 g/mol. The Labute approximate surface area is 186 Å². The number of benzene rings is 2. The van der Waals surface area contributed by atoms with Gasteiger partial charge in [-0.2, -0.15) is 0 Å². The fourth-order valence-corrected chi connectivity index (χ4v) is 4.40. The summed E-state index contributed by atoms with van der Waals surface area (Å²) in [7, 11) is 0. The number of amides is 4. The Bertz CT molecular complexity index is 1190. The predicted octanol–water partition coefficient (Wildman–Crippen LogP) is 5.49. The molecule has 1 aromatic heterocycles. The minimum atomic E-state index is -0.423. The summed E-state index contributed by atoms with van der Waals surface area (Å²) in [5.74, 6) is -0.823. The molecule has 4 rings (SSSR count). The van der Waals surface area contributed by atoms with Crippen molar-refractivity contribution >= 4 is 63.8 Å². The fourth-order valence-electron chi connectivity index (χ4n) is 3.21. The van der Waals surface area contributed by atoms with Gasteiger partial charge in [-0.05, 0) is 61.0 Å². The zero-order valence-electron chi connectivity index (χ0n) is 15.7. The molecule has 0 spiro atoms. The molecule has 30 heavy (non-hydrogen) atoms. The molecule has 3 aromatic rings. The molecule has 0 unspecified atom stereocenters.